The van der Waals surface area contributed by atoms with Gasteiger partial charge in [-0.25, -0.2) is 0 Å². The lowest BCUT2D eigenvalue weighted by atomic mass is 10.00. The van der Waals surface area contributed by atoms with Gasteiger partial charge >= 0.3 is 0 Å². The number of carbonyl (C=O) groups excluding carboxylic acids is 2. The van der Waals surface area contributed by atoms with Gasteiger partial charge in [-0.15, -0.1) is 0 Å². The summed E-state index contributed by atoms with van der Waals surface area (Å²) < 4.78 is 0. The number of Topliss-reactive ketones (excluding diaryl/α,β-unsaturated/α-hetero) is 2. The molecule has 0 aromatic heterocycles. The Labute approximate surface area is 247 Å². The van der Waals surface area contributed by atoms with Gasteiger partial charge < -0.3 is 0 Å². The third kappa shape index (κ3) is 12.1. The van der Waals surface area contributed by atoms with E-state index in [1.54, 1.807) is 0 Å². The molecule has 2 nitrogen and oxygen atoms in total. The summed E-state index contributed by atoms with van der Waals surface area (Å²) >= 11 is 0. The molecule has 0 amide bonds. The third-order valence-corrected chi connectivity index (χ3v) is 7.21. The summed E-state index contributed by atoms with van der Waals surface area (Å²) in [4.78, 5) is 24.2. The van der Waals surface area contributed by atoms with Crippen molar-refractivity contribution < 1.29 is 9.59 Å². The Hall–Kier alpha value is -3.78. The molecule has 0 bridgehead atoms. The van der Waals surface area contributed by atoms with E-state index in [1.807, 2.05) is 24.3 Å². The number of unbranched alkanes of at least 4 members (excludes halogenated alkanes) is 1. The van der Waals surface area contributed by atoms with E-state index in [9.17, 15) is 9.59 Å². The average Bonchev–Trinajstić information content (AvgIpc) is 2.95. The Morgan fingerprint density at radius 2 is 0.902 bits per heavy atom. The molecule has 41 heavy (non-hydrogen) atoms. The highest BCUT2D eigenvalue weighted by Crippen LogP contribution is 2.12. The van der Waals surface area contributed by atoms with Gasteiger partial charge in [0.2, 0.25) is 0 Å². The second-order valence-electron chi connectivity index (χ2n) is 11.2. The number of hydrogen-bond acceptors (Lipinski definition) is 2. The molecule has 0 aliphatic heterocycles. The summed E-state index contributed by atoms with van der Waals surface area (Å²) in [7, 11) is 0. The molecule has 4 aromatic rings. The van der Waals surface area contributed by atoms with Crippen LogP contribution in [-0.2, 0) is 48.1 Å². The standard InChI is InChI=1S/C20H24O.C19H22O/c1-3-4-7-17-9-11-18(12-10-17)14-20(21)15-19-8-5-6-16(2)13-19;1-3-4-16-9-11-18(12-10-16)14-19(20)13-17-7-5-15(2)6-8-17/h5-6,8-13H,3-4,7,14-15H2,1-2H3;5-12H,3-4,13-14H2,1-2H3. The first-order valence-corrected chi connectivity index (χ1v) is 15.1. The van der Waals surface area contributed by atoms with Crippen molar-refractivity contribution in [1.82, 2.24) is 0 Å². The van der Waals surface area contributed by atoms with Crippen LogP contribution in [0.25, 0.3) is 0 Å². The molecule has 0 fully saturated rings. The van der Waals surface area contributed by atoms with Gasteiger partial charge in [-0.2, -0.15) is 0 Å². The second kappa shape index (κ2) is 17.1. The van der Waals surface area contributed by atoms with Crippen LogP contribution in [0.3, 0.4) is 0 Å². The van der Waals surface area contributed by atoms with Crippen LogP contribution < -0.4 is 0 Å². The first-order chi connectivity index (χ1) is 19.8. The molecule has 0 aliphatic rings. The number of benzene rings is 4. The van der Waals surface area contributed by atoms with E-state index in [0.29, 0.717) is 25.7 Å². The van der Waals surface area contributed by atoms with Gasteiger partial charge in [-0.1, -0.05) is 135 Å². The van der Waals surface area contributed by atoms with Crippen LogP contribution in [0.4, 0.5) is 0 Å². The molecule has 0 spiro atoms. The van der Waals surface area contributed by atoms with Gasteiger partial charge in [0.15, 0.2) is 0 Å². The Bertz CT molecular complexity index is 1350. The van der Waals surface area contributed by atoms with Gasteiger partial charge in [0, 0.05) is 25.7 Å². The molecule has 0 N–H and O–H groups in total. The van der Waals surface area contributed by atoms with Crippen molar-refractivity contribution >= 4 is 11.6 Å². The predicted molar refractivity (Wildman–Crippen MR) is 173 cm³/mol. The summed E-state index contributed by atoms with van der Waals surface area (Å²) in [6.07, 6.45) is 7.96. The van der Waals surface area contributed by atoms with Crippen LogP contribution in [0, 0.1) is 13.8 Å². The highest BCUT2D eigenvalue weighted by atomic mass is 16.1. The van der Waals surface area contributed by atoms with Crippen LogP contribution in [-0.4, -0.2) is 11.6 Å². The van der Waals surface area contributed by atoms with Crippen molar-refractivity contribution in [3.8, 4) is 0 Å². The molecule has 0 saturated heterocycles. The largest absolute Gasteiger partial charge is 0.299 e. The van der Waals surface area contributed by atoms with Crippen molar-refractivity contribution in [1.29, 1.82) is 0 Å². The van der Waals surface area contributed by atoms with E-state index in [0.717, 1.165) is 41.5 Å². The fraction of sp³-hybridized carbons (Fsp3) is 0.333. The first kappa shape index (κ1) is 31.7. The fourth-order valence-electron chi connectivity index (χ4n) is 4.88. The minimum Gasteiger partial charge on any atom is -0.299 e. The SMILES string of the molecule is CCCCc1ccc(CC(=O)Cc2cccc(C)c2)cc1.CCCc1ccc(CC(=O)Cc2ccc(C)cc2)cc1. The average molecular weight is 547 g/mol. The van der Waals surface area contributed by atoms with Crippen molar-refractivity contribution in [2.45, 2.75) is 85.5 Å². The highest BCUT2D eigenvalue weighted by molar-refractivity contribution is 5.83. The van der Waals surface area contributed by atoms with Crippen molar-refractivity contribution in [3.63, 3.8) is 0 Å². The number of carbonyl (C=O) groups is 2. The smallest absolute Gasteiger partial charge is 0.141 e. The number of ketones is 2. The van der Waals surface area contributed by atoms with Gasteiger partial charge in [-0.3, -0.25) is 9.59 Å². The fourth-order valence-corrected chi connectivity index (χ4v) is 4.88. The van der Waals surface area contributed by atoms with Crippen LogP contribution in [0.1, 0.15) is 77.6 Å². The first-order valence-electron chi connectivity index (χ1n) is 15.1. The molecule has 2 heteroatoms. The summed E-state index contributed by atoms with van der Waals surface area (Å²) in [5.74, 6) is 0.555. The minimum atomic E-state index is 0.275. The normalized spacial score (nSPS) is 10.5. The van der Waals surface area contributed by atoms with Crippen molar-refractivity contribution in [2.24, 2.45) is 0 Å². The summed E-state index contributed by atoms with van der Waals surface area (Å²) in [5, 5.41) is 0. The molecule has 4 aromatic carbocycles. The summed E-state index contributed by atoms with van der Waals surface area (Å²) in [6.45, 7) is 8.50. The maximum absolute atomic E-state index is 12.2. The third-order valence-electron chi connectivity index (χ3n) is 7.21. The molecule has 0 unspecified atom stereocenters. The molecule has 0 radical (unpaired) electrons. The molecule has 0 saturated carbocycles. The summed E-state index contributed by atoms with van der Waals surface area (Å²) in [6, 6.07) is 33.3. The van der Waals surface area contributed by atoms with E-state index in [-0.39, 0.29) is 11.6 Å². The topological polar surface area (TPSA) is 34.1 Å². The quantitative estimate of drug-likeness (QED) is 0.168. The van der Waals surface area contributed by atoms with Crippen LogP contribution in [0.2, 0.25) is 0 Å². The molecule has 4 rings (SSSR count). The Kier molecular flexibility index (Phi) is 13.3. The van der Waals surface area contributed by atoms with Gasteiger partial charge in [-0.05, 0) is 66.5 Å². The Morgan fingerprint density at radius 1 is 0.463 bits per heavy atom. The van der Waals surface area contributed by atoms with E-state index >= 15 is 0 Å². The zero-order chi connectivity index (χ0) is 29.5. The minimum absolute atomic E-state index is 0.275. The molecule has 0 aliphatic carbocycles. The maximum atomic E-state index is 12.2. The van der Waals surface area contributed by atoms with Crippen molar-refractivity contribution in [2.75, 3.05) is 0 Å². The molecule has 0 heterocycles. The van der Waals surface area contributed by atoms with E-state index in [4.69, 9.17) is 0 Å². The lowest BCUT2D eigenvalue weighted by molar-refractivity contribution is -0.118. The highest BCUT2D eigenvalue weighted by Gasteiger charge is 2.07. The van der Waals surface area contributed by atoms with Crippen LogP contribution in [0.5, 0.6) is 0 Å². The zero-order valence-corrected chi connectivity index (χ0v) is 25.4. The zero-order valence-electron chi connectivity index (χ0n) is 25.4. The van der Waals surface area contributed by atoms with Crippen molar-refractivity contribution in [3.05, 3.63) is 142 Å². The lowest BCUT2D eigenvalue weighted by Crippen LogP contribution is -2.06. The van der Waals surface area contributed by atoms with E-state index in [1.165, 1.54) is 35.1 Å². The van der Waals surface area contributed by atoms with E-state index < -0.39 is 0 Å². The van der Waals surface area contributed by atoms with Gasteiger partial charge in [0.05, 0.1) is 0 Å². The van der Waals surface area contributed by atoms with Crippen LogP contribution in [0.15, 0.2) is 97.1 Å². The Morgan fingerprint density at radius 3 is 1.37 bits per heavy atom. The molecule has 214 valence electrons. The number of aryl methyl sites for hydroxylation is 4. The predicted octanol–water partition coefficient (Wildman–Crippen LogP) is 8.99. The van der Waals surface area contributed by atoms with E-state index in [2.05, 4.69) is 100 Å². The molecular weight excluding hydrogens is 500 g/mol. The van der Waals surface area contributed by atoms with Crippen LogP contribution >= 0.6 is 0 Å². The monoisotopic (exact) mass is 546 g/mol. The second-order valence-corrected chi connectivity index (χ2v) is 11.2. The Balaban J connectivity index is 0.000000226. The number of rotatable bonds is 13. The maximum Gasteiger partial charge on any atom is 0.141 e. The molecule has 0 atom stereocenters. The number of hydrogen-bond donors (Lipinski definition) is 0. The molecular formula is C39H46O2. The summed E-state index contributed by atoms with van der Waals surface area (Å²) in [5.41, 5.74) is 9.60. The van der Waals surface area contributed by atoms with Gasteiger partial charge in [0.1, 0.15) is 11.6 Å². The van der Waals surface area contributed by atoms with Gasteiger partial charge in [0.25, 0.3) is 0 Å². The lowest BCUT2D eigenvalue weighted by Gasteiger charge is -2.05.